The molecule has 2 aromatic rings. The van der Waals surface area contributed by atoms with Gasteiger partial charge in [0, 0.05) is 12.1 Å². The van der Waals surface area contributed by atoms with E-state index in [1.807, 2.05) is 36.4 Å². The molecule has 1 atom stereocenters. The predicted molar refractivity (Wildman–Crippen MR) is 96.9 cm³/mol. The van der Waals surface area contributed by atoms with E-state index in [2.05, 4.69) is 17.1 Å². The second-order valence-corrected chi connectivity index (χ2v) is 5.74. The molecule has 0 saturated heterocycles. The fraction of sp³-hybridized carbons (Fsp3) is 0.316. The number of anilines is 1. The van der Waals surface area contributed by atoms with Gasteiger partial charge in [-0.25, -0.2) is 0 Å². The van der Waals surface area contributed by atoms with Gasteiger partial charge in [0.25, 0.3) is 0 Å². The van der Waals surface area contributed by atoms with Crippen molar-refractivity contribution in [3.63, 3.8) is 0 Å². The SMILES string of the molecule is COc1ccc(C2CC(CCN)=NN2c2ccc(OC)cc2)cc1. The fourth-order valence-electron chi connectivity index (χ4n) is 2.95. The first-order valence-electron chi connectivity index (χ1n) is 8.09. The van der Waals surface area contributed by atoms with Crippen LogP contribution in [0.3, 0.4) is 0 Å². The summed E-state index contributed by atoms with van der Waals surface area (Å²) in [4.78, 5) is 0. The highest BCUT2D eigenvalue weighted by atomic mass is 16.5. The van der Waals surface area contributed by atoms with Crippen LogP contribution in [-0.4, -0.2) is 26.5 Å². The summed E-state index contributed by atoms with van der Waals surface area (Å²) in [5.74, 6) is 1.70. The Morgan fingerprint density at radius 3 is 2.12 bits per heavy atom. The minimum absolute atomic E-state index is 0.172. The summed E-state index contributed by atoms with van der Waals surface area (Å²) in [5, 5.41) is 6.88. The molecule has 126 valence electrons. The summed E-state index contributed by atoms with van der Waals surface area (Å²) >= 11 is 0. The molecule has 0 aliphatic carbocycles. The van der Waals surface area contributed by atoms with Gasteiger partial charge in [-0.3, -0.25) is 5.01 Å². The molecule has 0 saturated carbocycles. The molecular formula is C19H23N3O2. The Bertz CT molecular complexity index is 696. The van der Waals surface area contributed by atoms with E-state index in [1.165, 1.54) is 5.56 Å². The van der Waals surface area contributed by atoms with E-state index < -0.39 is 0 Å². The second kappa shape index (κ2) is 7.36. The maximum absolute atomic E-state index is 5.72. The molecule has 1 aliphatic rings. The highest BCUT2D eigenvalue weighted by molar-refractivity contribution is 5.89. The topological polar surface area (TPSA) is 60.1 Å². The summed E-state index contributed by atoms with van der Waals surface area (Å²) in [6.07, 6.45) is 1.70. The van der Waals surface area contributed by atoms with E-state index in [9.17, 15) is 0 Å². The third-order valence-electron chi connectivity index (χ3n) is 4.24. The minimum Gasteiger partial charge on any atom is -0.497 e. The molecular weight excluding hydrogens is 302 g/mol. The summed E-state index contributed by atoms with van der Waals surface area (Å²) in [5.41, 5.74) is 9.11. The summed E-state index contributed by atoms with van der Waals surface area (Å²) in [6, 6.07) is 16.3. The van der Waals surface area contributed by atoms with E-state index in [-0.39, 0.29) is 6.04 Å². The van der Waals surface area contributed by atoms with E-state index in [0.29, 0.717) is 6.54 Å². The maximum Gasteiger partial charge on any atom is 0.119 e. The highest BCUT2D eigenvalue weighted by Gasteiger charge is 2.28. The van der Waals surface area contributed by atoms with Crippen molar-refractivity contribution in [3.05, 3.63) is 54.1 Å². The zero-order valence-electron chi connectivity index (χ0n) is 14.1. The van der Waals surface area contributed by atoms with Crippen LogP contribution in [0.15, 0.2) is 53.6 Å². The van der Waals surface area contributed by atoms with Gasteiger partial charge in [-0.2, -0.15) is 5.10 Å². The molecule has 1 aliphatic heterocycles. The first-order valence-corrected chi connectivity index (χ1v) is 8.09. The average Bonchev–Trinajstić information content (AvgIpc) is 3.06. The number of ether oxygens (including phenoxy) is 2. The van der Waals surface area contributed by atoms with Crippen LogP contribution in [0, 0.1) is 0 Å². The normalized spacial score (nSPS) is 16.9. The first kappa shape index (κ1) is 16.3. The van der Waals surface area contributed by atoms with Crippen LogP contribution in [0.25, 0.3) is 0 Å². The molecule has 2 aromatic carbocycles. The standard InChI is InChI=1S/C19H23N3O2/c1-23-17-7-3-14(4-8-17)19-13-15(11-12-20)21-22(19)16-5-9-18(24-2)10-6-16/h3-10,19H,11-13,20H2,1-2H3. The number of hydrogen-bond donors (Lipinski definition) is 1. The van der Waals surface area contributed by atoms with Crippen molar-refractivity contribution < 1.29 is 9.47 Å². The van der Waals surface area contributed by atoms with Gasteiger partial charge in [0.1, 0.15) is 11.5 Å². The second-order valence-electron chi connectivity index (χ2n) is 5.74. The zero-order valence-corrected chi connectivity index (χ0v) is 14.1. The van der Waals surface area contributed by atoms with Crippen LogP contribution >= 0.6 is 0 Å². The van der Waals surface area contributed by atoms with Gasteiger partial charge in [-0.05, 0) is 54.9 Å². The molecule has 5 nitrogen and oxygen atoms in total. The number of nitrogens with zero attached hydrogens (tertiary/aromatic N) is 2. The lowest BCUT2D eigenvalue weighted by Gasteiger charge is -2.24. The van der Waals surface area contributed by atoms with Gasteiger partial charge < -0.3 is 15.2 Å². The van der Waals surface area contributed by atoms with E-state index in [0.717, 1.165) is 35.7 Å². The van der Waals surface area contributed by atoms with Crippen LogP contribution in [0.2, 0.25) is 0 Å². The van der Waals surface area contributed by atoms with Crippen molar-refractivity contribution in [2.24, 2.45) is 10.8 Å². The molecule has 1 heterocycles. The molecule has 24 heavy (non-hydrogen) atoms. The lowest BCUT2D eigenvalue weighted by atomic mass is 10.00. The van der Waals surface area contributed by atoms with Crippen molar-refractivity contribution in [1.82, 2.24) is 0 Å². The largest absolute Gasteiger partial charge is 0.497 e. The monoisotopic (exact) mass is 325 g/mol. The van der Waals surface area contributed by atoms with Crippen molar-refractivity contribution in [3.8, 4) is 11.5 Å². The van der Waals surface area contributed by atoms with Gasteiger partial charge in [0.2, 0.25) is 0 Å². The molecule has 2 N–H and O–H groups in total. The van der Waals surface area contributed by atoms with Crippen LogP contribution in [0.5, 0.6) is 11.5 Å². The Hall–Kier alpha value is -2.53. The number of rotatable bonds is 6. The lowest BCUT2D eigenvalue weighted by molar-refractivity contribution is 0.414. The van der Waals surface area contributed by atoms with Crippen molar-refractivity contribution >= 4 is 11.4 Å². The molecule has 0 aromatic heterocycles. The molecule has 0 amide bonds. The third kappa shape index (κ3) is 3.36. The Morgan fingerprint density at radius 2 is 1.58 bits per heavy atom. The van der Waals surface area contributed by atoms with Gasteiger partial charge in [0.05, 0.1) is 25.9 Å². The summed E-state index contributed by atoms with van der Waals surface area (Å²) in [6.45, 7) is 0.616. The summed E-state index contributed by atoms with van der Waals surface area (Å²) < 4.78 is 10.5. The lowest BCUT2D eigenvalue weighted by Crippen LogP contribution is -2.18. The van der Waals surface area contributed by atoms with Crippen molar-refractivity contribution in [2.75, 3.05) is 25.8 Å². The fourth-order valence-corrected chi connectivity index (χ4v) is 2.95. The van der Waals surface area contributed by atoms with E-state index >= 15 is 0 Å². The Balaban J connectivity index is 1.90. The number of hydrazone groups is 1. The predicted octanol–water partition coefficient (Wildman–Crippen LogP) is 3.36. The average molecular weight is 325 g/mol. The van der Waals surface area contributed by atoms with Crippen molar-refractivity contribution in [2.45, 2.75) is 18.9 Å². The molecule has 0 spiro atoms. The minimum atomic E-state index is 0.172. The number of hydrogen-bond acceptors (Lipinski definition) is 5. The van der Waals surface area contributed by atoms with E-state index in [4.69, 9.17) is 20.3 Å². The zero-order chi connectivity index (χ0) is 16.9. The van der Waals surface area contributed by atoms with Crippen LogP contribution < -0.4 is 20.2 Å². The molecule has 3 rings (SSSR count). The van der Waals surface area contributed by atoms with Crippen LogP contribution in [0.1, 0.15) is 24.4 Å². The van der Waals surface area contributed by atoms with Gasteiger partial charge in [-0.1, -0.05) is 12.1 Å². The highest BCUT2D eigenvalue weighted by Crippen LogP contribution is 2.36. The molecule has 1 unspecified atom stereocenters. The molecule has 5 heteroatoms. The number of nitrogens with two attached hydrogens (primary N) is 1. The molecule has 0 bridgehead atoms. The Labute approximate surface area is 142 Å². The van der Waals surface area contributed by atoms with Crippen LogP contribution in [0.4, 0.5) is 5.69 Å². The quantitative estimate of drug-likeness (QED) is 0.885. The van der Waals surface area contributed by atoms with Crippen molar-refractivity contribution in [1.29, 1.82) is 0 Å². The molecule has 0 radical (unpaired) electrons. The van der Waals surface area contributed by atoms with Crippen LogP contribution in [-0.2, 0) is 0 Å². The van der Waals surface area contributed by atoms with Gasteiger partial charge in [-0.15, -0.1) is 0 Å². The Morgan fingerprint density at radius 1 is 1.00 bits per heavy atom. The number of benzene rings is 2. The van der Waals surface area contributed by atoms with Gasteiger partial charge in [0.15, 0.2) is 0 Å². The Kier molecular flexibility index (Phi) is 5.01. The first-order chi connectivity index (χ1) is 11.7. The summed E-state index contributed by atoms with van der Waals surface area (Å²) in [7, 11) is 3.35. The van der Waals surface area contributed by atoms with E-state index in [1.54, 1.807) is 14.2 Å². The smallest absolute Gasteiger partial charge is 0.119 e. The third-order valence-corrected chi connectivity index (χ3v) is 4.24. The van der Waals surface area contributed by atoms with Gasteiger partial charge >= 0.3 is 0 Å². The molecule has 0 fully saturated rings. The maximum atomic E-state index is 5.72. The number of methoxy groups -OCH3 is 2.